The average Bonchev–Trinajstić information content (AvgIpc) is 3.17. The van der Waals surface area contributed by atoms with Crippen LogP contribution >= 0.6 is 11.8 Å². The molecule has 7 aromatic carbocycles. The second-order valence-corrected chi connectivity index (χ2v) is 14.4. The lowest BCUT2D eigenvalue weighted by Gasteiger charge is -2.36. The Morgan fingerprint density at radius 2 is 1.16 bits per heavy atom. The molecule has 0 aliphatic carbocycles. The van der Waals surface area contributed by atoms with E-state index in [9.17, 15) is 5.26 Å². The van der Waals surface area contributed by atoms with Crippen LogP contribution in [0.25, 0.3) is 66.6 Å². The summed E-state index contributed by atoms with van der Waals surface area (Å²) in [6.45, 7) is 4.51. The molecule has 0 saturated heterocycles. The van der Waals surface area contributed by atoms with Gasteiger partial charge >= 0.3 is 0 Å². The molecule has 0 saturated carbocycles. The third-order valence-electron chi connectivity index (χ3n) is 9.99. The number of benzene rings is 7. The Morgan fingerprint density at radius 3 is 1.96 bits per heavy atom. The first-order valence-electron chi connectivity index (χ1n) is 16.8. The number of hydrogen-bond donors (Lipinski definition) is 0. The molecule has 0 fully saturated rings. The summed E-state index contributed by atoms with van der Waals surface area (Å²) in [6.07, 6.45) is 0. The molecular weight excluding hydrogens is 627 g/mol. The van der Waals surface area contributed by atoms with Gasteiger partial charge in [-0.15, -0.1) is 0 Å². The first-order valence-corrected chi connectivity index (χ1v) is 17.6. The van der Waals surface area contributed by atoms with Crippen molar-refractivity contribution < 1.29 is 0 Å². The molecule has 8 aromatic rings. The van der Waals surface area contributed by atoms with E-state index in [-0.39, 0.29) is 5.41 Å². The van der Waals surface area contributed by atoms with Gasteiger partial charge in [0.05, 0.1) is 17.0 Å². The second kappa shape index (κ2) is 11.8. The van der Waals surface area contributed by atoms with Crippen LogP contribution in [-0.2, 0) is 5.41 Å². The molecule has 0 N–H and O–H groups in total. The van der Waals surface area contributed by atoms with E-state index < -0.39 is 0 Å². The summed E-state index contributed by atoms with van der Waals surface area (Å²) >= 11 is 1.72. The number of aromatic nitrogens is 2. The molecular formula is C46H31N3S. The summed E-state index contributed by atoms with van der Waals surface area (Å²) in [5.41, 5.74) is 10.1. The number of hydrogen-bond acceptors (Lipinski definition) is 4. The fraction of sp³-hybridized carbons (Fsp3) is 0.0652. The summed E-state index contributed by atoms with van der Waals surface area (Å²) < 4.78 is 0. The van der Waals surface area contributed by atoms with Crippen LogP contribution in [0, 0.1) is 11.3 Å². The number of nitrogens with zero attached hydrogens (tertiary/aromatic N) is 3. The van der Waals surface area contributed by atoms with Gasteiger partial charge in [0.1, 0.15) is 6.07 Å². The molecule has 0 radical (unpaired) electrons. The Hall–Kier alpha value is -6.02. The Morgan fingerprint density at radius 1 is 0.520 bits per heavy atom. The van der Waals surface area contributed by atoms with Gasteiger partial charge in [0.2, 0.25) is 0 Å². The van der Waals surface area contributed by atoms with Crippen LogP contribution in [0.5, 0.6) is 0 Å². The van der Waals surface area contributed by atoms with E-state index in [0.717, 1.165) is 44.1 Å². The standard InChI is InChI=1S/C46H31N3S/c1-46(2)39-16-8-13-35(28-47)43(39)50-44-38(15-9-17-40(44)46)30-18-21-31(22-19-30)41-27-42(49-45(48-41)32-11-4-3-5-12-32)34-24-25-37-33(26-34)23-20-29-10-6-7-14-36(29)37/h3-27H,1-2H3. The van der Waals surface area contributed by atoms with Gasteiger partial charge in [-0.1, -0.05) is 159 Å². The normalized spacial score (nSPS) is 13.1. The number of rotatable bonds is 4. The van der Waals surface area contributed by atoms with Gasteiger partial charge < -0.3 is 0 Å². The fourth-order valence-electron chi connectivity index (χ4n) is 7.29. The fourth-order valence-corrected chi connectivity index (χ4v) is 8.88. The predicted molar refractivity (Wildman–Crippen MR) is 206 cm³/mol. The molecule has 3 nitrogen and oxygen atoms in total. The highest BCUT2D eigenvalue weighted by atomic mass is 32.2. The van der Waals surface area contributed by atoms with Crippen LogP contribution in [0.3, 0.4) is 0 Å². The summed E-state index contributed by atoms with van der Waals surface area (Å²) in [4.78, 5) is 12.4. The predicted octanol–water partition coefficient (Wildman–Crippen LogP) is 12.1. The van der Waals surface area contributed by atoms with E-state index in [1.807, 2.05) is 30.3 Å². The molecule has 236 valence electrons. The van der Waals surface area contributed by atoms with Crippen molar-refractivity contribution in [3.63, 3.8) is 0 Å². The molecule has 0 amide bonds. The van der Waals surface area contributed by atoms with Crippen LogP contribution in [0.2, 0.25) is 0 Å². The van der Waals surface area contributed by atoms with Crippen molar-refractivity contribution >= 4 is 33.3 Å². The molecule has 0 bridgehead atoms. The van der Waals surface area contributed by atoms with Crippen molar-refractivity contribution in [3.8, 4) is 51.1 Å². The first kappa shape index (κ1) is 30.1. The molecule has 0 spiro atoms. The molecule has 9 rings (SSSR count). The smallest absolute Gasteiger partial charge is 0.160 e. The molecule has 0 unspecified atom stereocenters. The highest BCUT2D eigenvalue weighted by Gasteiger charge is 2.35. The number of nitriles is 1. The maximum Gasteiger partial charge on any atom is 0.160 e. The SMILES string of the molecule is CC1(C)c2cccc(C#N)c2Sc2c(-c3ccc(-c4cc(-c5ccc6c(ccc7ccccc76)c5)nc(-c5ccccc5)n4)cc3)cccc21. The molecule has 0 atom stereocenters. The zero-order chi connectivity index (χ0) is 33.8. The van der Waals surface area contributed by atoms with E-state index in [2.05, 4.69) is 141 Å². The maximum atomic E-state index is 9.93. The summed E-state index contributed by atoms with van der Waals surface area (Å²) in [7, 11) is 0. The molecule has 1 aromatic heterocycles. The third kappa shape index (κ3) is 4.98. The van der Waals surface area contributed by atoms with Gasteiger partial charge in [-0.25, -0.2) is 9.97 Å². The van der Waals surface area contributed by atoms with Crippen LogP contribution in [0.1, 0.15) is 30.5 Å². The quantitative estimate of drug-likeness (QED) is 0.177. The Bertz CT molecular complexity index is 2650. The second-order valence-electron chi connectivity index (χ2n) is 13.3. The van der Waals surface area contributed by atoms with Crippen LogP contribution in [-0.4, -0.2) is 9.97 Å². The van der Waals surface area contributed by atoms with Gasteiger partial charge in [-0.05, 0) is 62.0 Å². The van der Waals surface area contributed by atoms with E-state index >= 15 is 0 Å². The van der Waals surface area contributed by atoms with Crippen molar-refractivity contribution in [2.24, 2.45) is 0 Å². The van der Waals surface area contributed by atoms with Gasteiger partial charge in [-0.2, -0.15) is 5.26 Å². The minimum Gasteiger partial charge on any atom is -0.228 e. The van der Waals surface area contributed by atoms with E-state index in [0.29, 0.717) is 5.82 Å². The molecule has 1 aliphatic heterocycles. The van der Waals surface area contributed by atoms with E-state index in [1.54, 1.807) is 11.8 Å². The topological polar surface area (TPSA) is 49.6 Å². The van der Waals surface area contributed by atoms with Crippen LogP contribution in [0.4, 0.5) is 0 Å². The summed E-state index contributed by atoms with van der Waals surface area (Å²) in [5.74, 6) is 0.698. The van der Waals surface area contributed by atoms with Crippen molar-refractivity contribution in [3.05, 3.63) is 168 Å². The van der Waals surface area contributed by atoms with Crippen LogP contribution in [0.15, 0.2) is 161 Å². The Labute approximate surface area is 295 Å². The van der Waals surface area contributed by atoms with Crippen molar-refractivity contribution in [1.82, 2.24) is 9.97 Å². The Balaban J connectivity index is 1.13. The summed E-state index contributed by atoms with van der Waals surface area (Å²) in [5, 5.41) is 14.8. The first-order chi connectivity index (χ1) is 24.5. The lowest BCUT2D eigenvalue weighted by Crippen LogP contribution is -2.24. The average molecular weight is 658 g/mol. The zero-order valence-electron chi connectivity index (χ0n) is 27.7. The number of fused-ring (bicyclic) bond motifs is 5. The van der Waals surface area contributed by atoms with Crippen molar-refractivity contribution in [2.75, 3.05) is 0 Å². The minimum atomic E-state index is -0.222. The van der Waals surface area contributed by atoms with Gasteiger partial charge in [0, 0.05) is 31.9 Å². The van der Waals surface area contributed by atoms with E-state index in [4.69, 9.17) is 9.97 Å². The lowest BCUT2D eigenvalue weighted by molar-refractivity contribution is 0.607. The largest absolute Gasteiger partial charge is 0.228 e. The Kier molecular flexibility index (Phi) is 7.12. The maximum absolute atomic E-state index is 9.93. The summed E-state index contributed by atoms with van der Waals surface area (Å²) in [6, 6.07) is 55.6. The van der Waals surface area contributed by atoms with Gasteiger partial charge in [0.15, 0.2) is 5.82 Å². The molecule has 50 heavy (non-hydrogen) atoms. The zero-order valence-corrected chi connectivity index (χ0v) is 28.5. The third-order valence-corrected chi connectivity index (χ3v) is 11.3. The minimum absolute atomic E-state index is 0.222. The highest BCUT2D eigenvalue weighted by Crippen LogP contribution is 2.53. The van der Waals surface area contributed by atoms with Crippen LogP contribution < -0.4 is 0 Å². The monoisotopic (exact) mass is 657 g/mol. The molecule has 4 heteroatoms. The van der Waals surface area contributed by atoms with Crippen molar-refractivity contribution in [1.29, 1.82) is 5.26 Å². The molecule has 2 heterocycles. The molecule has 1 aliphatic rings. The van der Waals surface area contributed by atoms with Crippen molar-refractivity contribution in [2.45, 2.75) is 29.1 Å². The van der Waals surface area contributed by atoms with Gasteiger partial charge in [0.25, 0.3) is 0 Å². The highest BCUT2D eigenvalue weighted by molar-refractivity contribution is 7.99. The lowest BCUT2D eigenvalue weighted by atomic mass is 9.76. The van der Waals surface area contributed by atoms with E-state index in [1.165, 1.54) is 43.1 Å². The van der Waals surface area contributed by atoms with Gasteiger partial charge in [-0.3, -0.25) is 0 Å².